The van der Waals surface area contributed by atoms with Gasteiger partial charge in [-0.1, -0.05) is 35.9 Å². The number of nitrogens with zero attached hydrogens (tertiary/aromatic N) is 2. The molecule has 0 heterocycles. The lowest BCUT2D eigenvalue weighted by atomic mass is 10.2. The van der Waals surface area contributed by atoms with Crippen molar-refractivity contribution in [2.24, 2.45) is 0 Å². The van der Waals surface area contributed by atoms with E-state index in [1.165, 1.54) is 6.07 Å². The van der Waals surface area contributed by atoms with Gasteiger partial charge >= 0.3 is 5.69 Å². The molecule has 0 aliphatic heterocycles. The van der Waals surface area contributed by atoms with Gasteiger partial charge in [0.05, 0.1) is 4.92 Å². The topological polar surface area (TPSA) is 46.4 Å². The molecular formula is C13H11ClN2O2. The number of anilines is 2. The van der Waals surface area contributed by atoms with Gasteiger partial charge in [-0.05, 0) is 24.3 Å². The van der Waals surface area contributed by atoms with Crippen molar-refractivity contribution >= 4 is 28.7 Å². The monoisotopic (exact) mass is 262 g/mol. The highest BCUT2D eigenvalue weighted by atomic mass is 35.5. The molecule has 0 saturated heterocycles. The Morgan fingerprint density at radius 1 is 1.11 bits per heavy atom. The zero-order chi connectivity index (χ0) is 13.1. The number of hydrogen-bond acceptors (Lipinski definition) is 3. The van der Waals surface area contributed by atoms with Crippen molar-refractivity contribution in [3.05, 3.63) is 63.7 Å². The van der Waals surface area contributed by atoms with Crippen LogP contribution in [0.1, 0.15) is 0 Å². The highest BCUT2D eigenvalue weighted by Crippen LogP contribution is 2.37. The first-order valence-electron chi connectivity index (χ1n) is 5.33. The maximum Gasteiger partial charge on any atom is 0.311 e. The minimum absolute atomic E-state index is 0.0782. The van der Waals surface area contributed by atoms with Crippen LogP contribution in [0.3, 0.4) is 0 Å². The summed E-state index contributed by atoms with van der Waals surface area (Å²) in [6.07, 6.45) is 0. The van der Waals surface area contributed by atoms with E-state index in [9.17, 15) is 10.1 Å². The van der Waals surface area contributed by atoms with E-state index >= 15 is 0 Å². The molecule has 0 saturated carbocycles. The minimum Gasteiger partial charge on any atom is -0.339 e. The second-order valence-electron chi connectivity index (χ2n) is 3.76. The van der Waals surface area contributed by atoms with Crippen LogP contribution >= 0.6 is 11.6 Å². The molecule has 0 atom stereocenters. The van der Waals surface area contributed by atoms with Crippen molar-refractivity contribution < 1.29 is 4.92 Å². The molecule has 0 radical (unpaired) electrons. The van der Waals surface area contributed by atoms with E-state index in [0.717, 1.165) is 5.69 Å². The summed E-state index contributed by atoms with van der Waals surface area (Å²) in [7, 11) is 1.77. The molecule has 0 N–H and O–H groups in total. The third-order valence-electron chi connectivity index (χ3n) is 2.65. The summed E-state index contributed by atoms with van der Waals surface area (Å²) in [5.41, 5.74) is 1.26. The van der Waals surface area contributed by atoms with Crippen LogP contribution in [0.2, 0.25) is 5.02 Å². The molecule has 0 aromatic heterocycles. The number of nitro benzene ring substituents is 1. The second kappa shape index (κ2) is 5.06. The fourth-order valence-electron chi connectivity index (χ4n) is 1.75. The highest BCUT2D eigenvalue weighted by Gasteiger charge is 2.21. The zero-order valence-corrected chi connectivity index (χ0v) is 10.5. The number of rotatable bonds is 3. The summed E-state index contributed by atoms with van der Waals surface area (Å²) in [6, 6.07) is 14.3. The molecule has 0 aliphatic carbocycles. The van der Waals surface area contributed by atoms with Crippen molar-refractivity contribution in [3.63, 3.8) is 0 Å². The van der Waals surface area contributed by atoms with Crippen LogP contribution < -0.4 is 4.90 Å². The van der Waals surface area contributed by atoms with Gasteiger partial charge in [0, 0.05) is 12.7 Å². The molecule has 0 fully saturated rings. The minimum atomic E-state index is -0.461. The first kappa shape index (κ1) is 12.4. The van der Waals surface area contributed by atoms with E-state index in [1.807, 2.05) is 30.3 Å². The molecular weight excluding hydrogens is 252 g/mol. The Balaban J connectivity index is 2.52. The molecule has 2 aromatic rings. The predicted molar refractivity (Wildman–Crippen MR) is 72.6 cm³/mol. The Bertz CT molecular complexity index is 572. The molecule has 18 heavy (non-hydrogen) atoms. The lowest BCUT2D eigenvalue weighted by Gasteiger charge is -2.19. The average Bonchev–Trinajstić information content (AvgIpc) is 2.38. The first-order chi connectivity index (χ1) is 8.61. The number of benzene rings is 2. The van der Waals surface area contributed by atoms with Gasteiger partial charge in [0.15, 0.2) is 0 Å². The van der Waals surface area contributed by atoms with Crippen LogP contribution in [0.15, 0.2) is 48.5 Å². The summed E-state index contributed by atoms with van der Waals surface area (Å²) in [4.78, 5) is 12.4. The smallest absolute Gasteiger partial charge is 0.311 e. The summed E-state index contributed by atoms with van der Waals surface area (Å²) in [5, 5.41) is 11.2. The molecule has 0 bridgehead atoms. The summed E-state index contributed by atoms with van der Waals surface area (Å²) in [5.74, 6) is 0. The Hall–Kier alpha value is -2.07. The predicted octanol–water partition coefficient (Wildman–Crippen LogP) is 4.02. The molecule has 5 heteroatoms. The molecule has 2 rings (SSSR count). The van der Waals surface area contributed by atoms with Gasteiger partial charge in [0.1, 0.15) is 10.7 Å². The summed E-state index contributed by atoms with van der Waals surface area (Å²) >= 11 is 5.89. The maximum absolute atomic E-state index is 11.1. The number of nitro groups is 1. The Labute approximate surface area is 110 Å². The number of hydrogen-bond donors (Lipinski definition) is 0. The van der Waals surface area contributed by atoms with Gasteiger partial charge in [-0.25, -0.2) is 0 Å². The highest BCUT2D eigenvalue weighted by molar-refractivity contribution is 6.33. The van der Waals surface area contributed by atoms with Crippen LogP contribution in [-0.4, -0.2) is 12.0 Å². The van der Waals surface area contributed by atoms with E-state index in [-0.39, 0.29) is 10.7 Å². The Kier molecular flexibility index (Phi) is 3.48. The molecule has 92 valence electrons. The van der Waals surface area contributed by atoms with Crippen molar-refractivity contribution in [1.29, 1.82) is 0 Å². The van der Waals surface area contributed by atoms with Gasteiger partial charge in [-0.15, -0.1) is 0 Å². The molecule has 0 amide bonds. The van der Waals surface area contributed by atoms with E-state index in [4.69, 9.17) is 11.6 Å². The lowest BCUT2D eigenvalue weighted by molar-refractivity contribution is -0.383. The fraction of sp³-hybridized carbons (Fsp3) is 0.0769. The van der Waals surface area contributed by atoms with Crippen LogP contribution in [0.5, 0.6) is 0 Å². The number of halogens is 1. The van der Waals surface area contributed by atoms with Gasteiger partial charge in [-0.3, -0.25) is 10.1 Å². The van der Waals surface area contributed by atoms with Crippen LogP contribution in [-0.2, 0) is 0 Å². The van der Waals surface area contributed by atoms with E-state index < -0.39 is 4.92 Å². The maximum atomic E-state index is 11.1. The van der Waals surface area contributed by atoms with Gasteiger partial charge in [0.25, 0.3) is 0 Å². The molecule has 0 unspecified atom stereocenters. The van der Waals surface area contributed by atoms with Gasteiger partial charge in [-0.2, -0.15) is 0 Å². The van der Waals surface area contributed by atoms with Gasteiger partial charge in [0.2, 0.25) is 0 Å². The average molecular weight is 263 g/mol. The van der Waals surface area contributed by atoms with Crippen LogP contribution in [0, 0.1) is 10.1 Å². The van der Waals surface area contributed by atoms with Crippen molar-refractivity contribution in [3.8, 4) is 0 Å². The van der Waals surface area contributed by atoms with E-state index in [0.29, 0.717) is 5.69 Å². The Morgan fingerprint density at radius 3 is 2.39 bits per heavy atom. The molecule has 2 aromatic carbocycles. The zero-order valence-electron chi connectivity index (χ0n) is 9.71. The second-order valence-corrected chi connectivity index (χ2v) is 4.17. The normalized spacial score (nSPS) is 10.1. The van der Waals surface area contributed by atoms with E-state index in [2.05, 4.69) is 0 Å². The standard InChI is InChI=1S/C13H11ClN2O2/c1-15(10-6-3-2-4-7-10)12-9-5-8-11(14)13(12)16(17)18/h2-9H,1H3. The van der Waals surface area contributed by atoms with Crippen LogP contribution in [0.4, 0.5) is 17.1 Å². The largest absolute Gasteiger partial charge is 0.339 e. The van der Waals surface area contributed by atoms with Crippen molar-refractivity contribution in [1.82, 2.24) is 0 Å². The van der Waals surface area contributed by atoms with Crippen molar-refractivity contribution in [2.45, 2.75) is 0 Å². The molecule has 4 nitrogen and oxygen atoms in total. The van der Waals surface area contributed by atoms with Crippen LogP contribution in [0.25, 0.3) is 0 Å². The summed E-state index contributed by atoms with van der Waals surface area (Å²) in [6.45, 7) is 0. The number of para-hydroxylation sites is 2. The van der Waals surface area contributed by atoms with Crippen molar-refractivity contribution in [2.75, 3.05) is 11.9 Å². The van der Waals surface area contributed by atoms with Gasteiger partial charge < -0.3 is 4.90 Å². The quantitative estimate of drug-likeness (QED) is 0.620. The molecule has 0 spiro atoms. The summed E-state index contributed by atoms with van der Waals surface area (Å²) < 4.78 is 0. The fourth-order valence-corrected chi connectivity index (χ4v) is 1.98. The molecule has 0 aliphatic rings. The Morgan fingerprint density at radius 2 is 1.78 bits per heavy atom. The first-order valence-corrected chi connectivity index (χ1v) is 5.70. The van der Waals surface area contributed by atoms with E-state index in [1.54, 1.807) is 24.1 Å². The SMILES string of the molecule is CN(c1ccccc1)c1cccc(Cl)c1[N+](=O)[O-]. The lowest BCUT2D eigenvalue weighted by Crippen LogP contribution is -2.11. The third-order valence-corrected chi connectivity index (χ3v) is 2.96. The third kappa shape index (κ3) is 2.28.